The lowest BCUT2D eigenvalue weighted by Gasteiger charge is -2.38. The molecule has 0 saturated carbocycles. The molecule has 3 atom stereocenters. The first-order valence-electron chi connectivity index (χ1n) is 10.4. The van der Waals surface area contributed by atoms with Crippen LogP contribution in [-0.4, -0.2) is 11.1 Å². The third kappa shape index (κ3) is 3.68. The van der Waals surface area contributed by atoms with Gasteiger partial charge in [0.1, 0.15) is 12.4 Å². The third-order valence-corrected chi connectivity index (χ3v) is 6.50. The fourth-order valence-corrected chi connectivity index (χ4v) is 4.92. The summed E-state index contributed by atoms with van der Waals surface area (Å²) >= 11 is 6.49. The molecule has 0 aromatic heterocycles. The van der Waals surface area contributed by atoms with E-state index in [1.54, 1.807) is 12.1 Å². The Morgan fingerprint density at radius 3 is 2.58 bits per heavy atom. The molecule has 31 heavy (non-hydrogen) atoms. The molecule has 0 amide bonds. The monoisotopic (exact) mass is 431 g/mol. The van der Waals surface area contributed by atoms with Crippen LogP contribution >= 0.6 is 11.6 Å². The second kappa shape index (κ2) is 8.12. The molecule has 3 aromatic rings. The number of rotatable bonds is 5. The normalized spacial score (nSPS) is 21.1. The van der Waals surface area contributed by atoms with Crippen molar-refractivity contribution in [2.45, 2.75) is 25.0 Å². The smallest absolute Gasteiger partial charge is 0.336 e. The van der Waals surface area contributed by atoms with Gasteiger partial charge in [0, 0.05) is 5.92 Å². The highest BCUT2D eigenvalue weighted by molar-refractivity contribution is 6.33. The van der Waals surface area contributed by atoms with Crippen LogP contribution in [0.2, 0.25) is 5.02 Å². The van der Waals surface area contributed by atoms with Gasteiger partial charge in [0.15, 0.2) is 0 Å². The van der Waals surface area contributed by atoms with Gasteiger partial charge in [0.05, 0.1) is 22.3 Å². The molecule has 5 rings (SSSR count). The molecule has 3 aromatic carbocycles. The molecule has 2 aliphatic rings. The average molecular weight is 432 g/mol. The first-order valence-corrected chi connectivity index (χ1v) is 10.7. The number of hydrogen-bond donors (Lipinski definition) is 2. The maximum Gasteiger partial charge on any atom is 0.336 e. The Bertz CT molecular complexity index is 1140. The number of benzene rings is 3. The average Bonchev–Trinajstić information content (AvgIpc) is 3.29. The van der Waals surface area contributed by atoms with E-state index < -0.39 is 5.97 Å². The molecule has 2 N–H and O–H groups in total. The lowest BCUT2D eigenvalue weighted by Crippen LogP contribution is -2.30. The minimum Gasteiger partial charge on any atom is -0.489 e. The lowest BCUT2D eigenvalue weighted by atomic mass is 9.75. The molecule has 0 saturated heterocycles. The molecule has 156 valence electrons. The molecular formula is C26H22ClNO3. The summed E-state index contributed by atoms with van der Waals surface area (Å²) in [6.07, 6.45) is 5.15. The summed E-state index contributed by atoms with van der Waals surface area (Å²) < 4.78 is 5.92. The SMILES string of the molecule is O=C(O)c1ccc(Cl)c2c1C1C=CCC1[C@H](c1ccc(OCc3ccccc3)cc1)N2. The highest BCUT2D eigenvalue weighted by atomic mass is 35.5. The van der Waals surface area contributed by atoms with Crippen LogP contribution in [-0.2, 0) is 6.61 Å². The van der Waals surface area contributed by atoms with E-state index in [4.69, 9.17) is 16.3 Å². The van der Waals surface area contributed by atoms with Crippen molar-refractivity contribution in [2.24, 2.45) is 5.92 Å². The third-order valence-electron chi connectivity index (χ3n) is 6.19. The van der Waals surface area contributed by atoms with Gasteiger partial charge in [0.25, 0.3) is 0 Å². The van der Waals surface area contributed by atoms with Crippen LogP contribution < -0.4 is 10.1 Å². The maximum atomic E-state index is 11.8. The van der Waals surface area contributed by atoms with Crippen LogP contribution in [0.5, 0.6) is 5.75 Å². The largest absolute Gasteiger partial charge is 0.489 e. The molecule has 1 aliphatic carbocycles. The van der Waals surface area contributed by atoms with Gasteiger partial charge in [-0.1, -0.05) is 66.2 Å². The van der Waals surface area contributed by atoms with Crippen molar-refractivity contribution in [3.05, 3.63) is 106 Å². The number of halogens is 1. The molecule has 0 spiro atoms. The van der Waals surface area contributed by atoms with Crippen LogP contribution in [0.1, 0.15) is 45.4 Å². The second-order valence-electron chi connectivity index (χ2n) is 8.01. The topological polar surface area (TPSA) is 58.6 Å². The van der Waals surface area contributed by atoms with Crippen LogP contribution in [0, 0.1) is 5.92 Å². The zero-order valence-electron chi connectivity index (χ0n) is 16.8. The Hall–Kier alpha value is -3.24. The number of aromatic carboxylic acids is 1. The van der Waals surface area contributed by atoms with E-state index in [0.717, 1.165) is 34.5 Å². The Kier molecular flexibility index (Phi) is 5.16. The van der Waals surface area contributed by atoms with Crippen LogP contribution in [0.25, 0.3) is 0 Å². The van der Waals surface area contributed by atoms with E-state index >= 15 is 0 Å². The predicted octanol–water partition coefficient (Wildman–Crippen LogP) is 6.44. The summed E-state index contributed by atoms with van der Waals surface area (Å²) in [7, 11) is 0. The number of carboxylic acid groups (broad SMARTS) is 1. The quantitative estimate of drug-likeness (QED) is 0.456. The molecule has 4 nitrogen and oxygen atoms in total. The summed E-state index contributed by atoms with van der Waals surface area (Å²) in [4.78, 5) is 11.8. The van der Waals surface area contributed by atoms with Crippen molar-refractivity contribution >= 4 is 23.3 Å². The number of fused-ring (bicyclic) bond motifs is 3. The molecule has 0 fully saturated rings. The summed E-state index contributed by atoms with van der Waals surface area (Å²) in [5.41, 5.74) is 4.09. The Balaban J connectivity index is 1.41. The molecule has 0 radical (unpaired) electrons. The number of carbonyl (C=O) groups is 1. The zero-order chi connectivity index (χ0) is 21.4. The zero-order valence-corrected chi connectivity index (χ0v) is 17.5. The van der Waals surface area contributed by atoms with Gasteiger partial charge in [0.2, 0.25) is 0 Å². The number of hydrogen-bond acceptors (Lipinski definition) is 3. The summed E-state index contributed by atoms with van der Waals surface area (Å²) in [5.74, 6) is 0.156. The number of ether oxygens (including phenoxy) is 1. The first-order chi connectivity index (χ1) is 15.1. The van der Waals surface area contributed by atoms with Gasteiger partial charge in [-0.15, -0.1) is 0 Å². The van der Waals surface area contributed by atoms with Crippen molar-refractivity contribution < 1.29 is 14.6 Å². The predicted molar refractivity (Wildman–Crippen MR) is 122 cm³/mol. The number of nitrogens with one attached hydrogen (secondary N) is 1. The fourth-order valence-electron chi connectivity index (χ4n) is 4.70. The Labute approximate surface area is 186 Å². The minimum absolute atomic E-state index is 0.0278. The van der Waals surface area contributed by atoms with E-state index in [-0.39, 0.29) is 17.9 Å². The number of carboxylic acids is 1. The standard InChI is InChI=1S/C26H22ClNO3/c27-22-14-13-21(26(29)30)23-19-7-4-8-20(19)24(28-25(22)23)17-9-11-18(12-10-17)31-15-16-5-2-1-3-6-16/h1-7,9-14,19-20,24,28H,8,15H2,(H,29,30)/t19?,20?,24-/m0/s1. The van der Waals surface area contributed by atoms with Crippen LogP contribution in [0.3, 0.4) is 0 Å². The maximum absolute atomic E-state index is 11.8. The molecule has 1 heterocycles. The summed E-state index contributed by atoms with van der Waals surface area (Å²) in [6.45, 7) is 0.525. The van der Waals surface area contributed by atoms with Crippen molar-refractivity contribution in [3.8, 4) is 5.75 Å². The Morgan fingerprint density at radius 2 is 1.84 bits per heavy atom. The molecule has 2 unspecified atom stereocenters. The molecule has 1 aliphatic heterocycles. The highest BCUT2D eigenvalue weighted by Crippen LogP contribution is 2.52. The Morgan fingerprint density at radius 1 is 1.06 bits per heavy atom. The highest BCUT2D eigenvalue weighted by Gasteiger charge is 2.40. The van der Waals surface area contributed by atoms with Gasteiger partial charge in [-0.3, -0.25) is 0 Å². The molecule has 0 bridgehead atoms. The number of allylic oxidation sites excluding steroid dienone is 2. The molecule has 5 heteroatoms. The summed E-state index contributed by atoms with van der Waals surface area (Å²) in [5, 5.41) is 13.8. The number of anilines is 1. The van der Waals surface area contributed by atoms with E-state index in [1.807, 2.05) is 42.5 Å². The van der Waals surface area contributed by atoms with Crippen molar-refractivity contribution in [2.75, 3.05) is 5.32 Å². The molecular weight excluding hydrogens is 410 g/mol. The summed E-state index contributed by atoms with van der Waals surface area (Å²) in [6, 6.07) is 21.5. The van der Waals surface area contributed by atoms with Gasteiger partial charge < -0.3 is 15.2 Å². The van der Waals surface area contributed by atoms with Gasteiger partial charge in [-0.05, 0) is 53.3 Å². The van der Waals surface area contributed by atoms with E-state index in [9.17, 15) is 9.90 Å². The second-order valence-corrected chi connectivity index (χ2v) is 8.41. The van der Waals surface area contributed by atoms with Crippen molar-refractivity contribution in [3.63, 3.8) is 0 Å². The van der Waals surface area contributed by atoms with Crippen LogP contribution in [0.4, 0.5) is 5.69 Å². The van der Waals surface area contributed by atoms with Gasteiger partial charge in [-0.2, -0.15) is 0 Å². The van der Waals surface area contributed by atoms with E-state index in [1.165, 1.54) is 0 Å². The van der Waals surface area contributed by atoms with Gasteiger partial charge in [-0.25, -0.2) is 4.79 Å². The fraction of sp³-hybridized carbons (Fsp3) is 0.192. The van der Waals surface area contributed by atoms with Crippen LogP contribution in [0.15, 0.2) is 78.9 Å². The van der Waals surface area contributed by atoms with Crippen molar-refractivity contribution in [1.82, 2.24) is 0 Å². The van der Waals surface area contributed by atoms with E-state index in [0.29, 0.717) is 17.2 Å². The first kappa shape index (κ1) is 19.7. The lowest BCUT2D eigenvalue weighted by molar-refractivity contribution is 0.0695. The van der Waals surface area contributed by atoms with Gasteiger partial charge >= 0.3 is 5.97 Å². The van der Waals surface area contributed by atoms with E-state index in [2.05, 4.69) is 29.6 Å². The minimum atomic E-state index is -0.924. The van der Waals surface area contributed by atoms with Crippen molar-refractivity contribution in [1.29, 1.82) is 0 Å².